The fourth-order valence-corrected chi connectivity index (χ4v) is 2.00. The summed E-state index contributed by atoms with van der Waals surface area (Å²) in [5, 5.41) is 4.01. The highest BCUT2D eigenvalue weighted by atomic mass is 16.5. The molecule has 2 unspecified atom stereocenters. The van der Waals surface area contributed by atoms with Crippen molar-refractivity contribution in [1.29, 1.82) is 0 Å². The molecule has 5 heteroatoms. The van der Waals surface area contributed by atoms with Crippen LogP contribution in [0.2, 0.25) is 0 Å². The summed E-state index contributed by atoms with van der Waals surface area (Å²) in [6, 6.07) is 0.168. The molecule has 2 rings (SSSR count). The van der Waals surface area contributed by atoms with Crippen molar-refractivity contribution in [3.8, 4) is 0 Å². The molecule has 0 amide bonds. The average molecular weight is 239 g/mol. The van der Waals surface area contributed by atoms with Gasteiger partial charge in [0.25, 0.3) is 0 Å². The third-order valence-electron chi connectivity index (χ3n) is 3.15. The van der Waals surface area contributed by atoms with E-state index in [1.807, 2.05) is 0 Å². The van der Waals surface area contributed by atoms with Gasteiger partial charge < -0.3 is 9.26 Å². The van der Waals surface area contributed by atoms with Crippen LogP contribution in [-0.2, 0) is 4.74 Å². The SMILES string of the molecule is CC1CN(C(C)c2nc(C(C)C)no2)CCO1. The zero-order valence-electron chi connectivity index (χ0n) is 11.0. The molecule has 1 aliphatic heterocycles. The molecule has 0 aromatic carbocycles. The first-order chi connectivity index (χ1) is 8.08. The summed E-state index contributed by atoms with van der Waals surface area (Å²) in [6.45, 7) is 10.9. The lowest BCUT2D eigenvalue weighted by molar-refractivity contribution is -0.0361. The maximum absolute atomic E-state index is 5.53. The van der Waals surface area contributed by atoms with Gasteiger partial charge >= 0.3 is 0 Å². The minimum atomic E-state index is 0.168. The summed E-state index contributed by atoms with van der Waals surface area (Å²) in [5.74, 6) is 1.80. The Hall–Kier alpha value is -0.940. The van der Waals surface area contributed by atoms with E-state index in [1.165, 1.54) is 0 Å². The van der Waals surface area contributed by atoms with Gasteiger partial charge in [0.2, 0.25) is 5.89 Å². The maximum Gasteiger partial charge on any atom is 0.243 e. The van der Waals surface area contributed by atoms with Crippen molar-refractivity contribution in [2.45, 2.75) is 45.8 Å². The van der Waals surface area contributed by atoms with Crippen LogP contribution in [0.25, 0.3) is 0 Å². The number of aromatic nitrogens is 2. The lowest BCUT2D eigenvalue weighted by atomic mass is 10.2. The predicted molar refractivity (Wildman–Crippen MR) is 63.8 cm³/mol. The normalized spacial score (nSPS) is 24.2. The molecule has 2 atom stereocenters. The van der Waals surface area contributed by atoms with E-state index in [1.54, 1.807) is 0 Å². The monoisotopic (exact) mass is 239 g/mol. The number of nitrogens with zero attached hydrogens (tertiary/aromatic N) is 3. The zero-order chi connectivity index (χ0) is 12.4. The first-order valence-electron chi connectivity index (χ1n) is 6.27. The molecule has 1 aromatic heterocycles. The molecule has 0 spiro atoms. The molecule has 0 saturated carbocycles. The van der Waals surface area contributed by atoms with E-state index in [2.05, 4.69) is 42.7 Å². The van der Waals surface area contributed by atoms with Crippen molar-refractivity contribution in [3.05, 3.63) is 11.7 Å². The first kappa shape index (κ1) is 12.5. The second kappa shape index (κ2) is 5.14. The van der Waals surface area contributed by atoms with Crippen molar-refractivity contribution >= 4 is 0 Å². The van der Waals surface area contributed by atoms with Gasteiger partial charge in [-0.05, 0) is 13.8 Å². The number of ether oxygens (including phenoxy) is 1. The lowest BCUT2D eigenvalue weighted by Crippen LogP contribution is -2.42. The van der Waals surface area contributed by atoms with Gasteiger partial charge in [-0.1, -0.05) is 19.0 Å². The maximum atomic E-state index is 5.53. The largest absolute Gasteiger partial charge is 0.376 e. The Balaban J connectivity index is 2.04. The number of morpholine rings is 1. The number of hydrogen-bond donors (Lipinski definition) is 0. The molecular formula is C12H21N3O2. The number of rotatable bonds is 3. The minimum absolute atomic E-state index is 0.168. The van der Waals surface area contributed by atoms with Crippen LogP contribution in [0.15, 0.2) is 4.52 Å². The standard InChI is InChI=1S/C12H21N3O2/c1-8(2)11-13-12(17-14-11)10(4)15-5-6-16-9(3)7-15/h8-10H,5-7H2,1-4H3. The Kier molecular flexibility index (Phi) is 3.79. The van der Waals surface area contributed by atoms with Crippen molar-refractivity contribution < 1.29 is 9.26 Å². The van der Waals surface area contributed by atoms with Gasteiger partial charge in [-0.2, -0.15) is 4.98 Å². The molecule has 96 valence electrons. The van der Waals surface area contributed by atoms with Gasteiger partial charge in [0, 0.05) is 19.0 Å². The van der Waals surface area contributed by atoms with Crippen LogP contribution in [0.5, 0.6) is 0 Å². The van der Waals surface area contributed by atoms with E-state index in [0.29, 0.717) is 11.8 Å². The van der Waals surface area contributed by atoms with E-state index < -0.39 is 0 Å². The molecule has 0 aliphatic carbocycles. The summed E-state index contributed by atoms with van der Waals surface area (Å²) in [5.41, 5.74) is 0. The van der Waals surface area contributed by atoms with Gasteiger partial charge in [-0.3, -0.25) is 4.90 Å². The molecule has 17 heavy (non-hydrogen) atoms. The summed E-state index contributed by atoms with van der Waals surface area (Å²) in [7, 11) is 0. The van der Waals surface area contributed by atoms with Crippen molar-refractivity contribution in [2.75, 3.05) is 19.7 Å². The molecule has 0 N–H and O–H groups in total. The predicted octanol–water partition coefficient (Wildman–Crippen LogP) is 1.97. The van der Waals surface area contributed by atoms with Crippen LogP contribution >= 0.6 is 0 Å². The van der Waals surface area contributed by atoms with Crippen molar-refractivity contribution in [1.82, 2.24) is 15.0 Å². The fraction of sp³-hybridized carbons (Fsp3) is 0.833. The van der Waals surface area contributed by atoms with Crippen LogP contribution in [0.3, 0.4) is 0 Å². The summed E-state index contributed by atoms with van der Waals surface area (Å²) < 4.78 is 10.9. The zero-order valence-corrected chi connectivity index (χ0v) is 11.0. The van der Waals surface area contributed by atoms with Crippen molar-refractivity contribution in [2.24, 2.45) is 0 Å². The highest BCUT2D eigenvalue weighted by Gasteiger charge is 2.26. The van der Waals surface area contributed by atoms with E-state index in [9.17, 15) is 0 Å². The van der Waals surface area contributed by atoms with Crippen LogP contribution in [0.4, 0.5) is 0 Å². The Labute approximate surface area is 102 Å². The molecule has 1 saturated heterocycles. The Morgan fingerprint density at radius 1 is 1.35 bits per heavy atom. The van der Waals surface area contributed by atoms with Crippen LogP contribution in [0, 0.1) is 0 Å². The molecule has 1 aromatic rings. The number of hydrogen-bond acceptors (Lipinski definition) is 5. The van der Waals surface area contributed by atoms with Crippen LogP contribution in [0.1, 0.15) is 51.4 Å². The van der Waals surface area contributed by atoms with Gasteiger partial charge in [0.05, 0.1) is 18.8 Å². The second-order valence-corrected chi connectivity index (χ2v) is 5.00. The Bertz CT molecular complexity index is 364. The van der Waals surface area contributed by atoms with Gasteiger partial charge in [-0.15, -0.1) is 0 Å². The van der Waals surface area contributed by atoms with Gasteiger partial charge in [0.1, 0.15) is 0 Å². The average Bonchev–Trinajstić information content (AvgIpc) is 2.77. The quantitative estimate of drug-likeness (QED) is 0.807. The summed E-state index contributed by atoms with van der Waals surface area (Å²) in [6.07, 6.45) is 0.277. The molecule has 1 aliphatic rings. The van der Waals surface area contributed by atoms with E-state index in [-0.39, 0.29) is 12.1 Å². The molecule has 0 radical (unpaired) electrons. The molecule has 5 nitrogen and oxygen atoms in total. The second-order valence-electron chi connectivity index (χ2n) is 5.00. The minimum Gasteiger partial charge on any atom is -0.376 e. The van der Waals surface area contributed by atoms with E-state index >= 15 is 0 Å². The fourth-order valence-electron chi connectivity index (χ4n) is 2.00. The smallest absolute Gasteiger partial charge is 0.243 e. The Morgan fingerprint density at radius 2 is 2.12 bits per heavy atom. The van der Waals surface area contributed by atoms with Crippen LogP contribution < -0.4 is 0 Å². The molecule has 1 fully saturated rings. The van der Waals surface area contributed by atoms with Gasteiger partial charge in [-0.25, -0.2) is 0 Å². The highest BCUT2D eigenvalue weighted by Crippen LogP contribution is 2.22. The van der Waals surface area contributed by atoms with Crippen molar-refractivity contribution in [3.63, 3.8) is 0 Å². The highest BCUT2D eigenvalue weighted by molar-refractivity contribution is 4.96. The molecular weight excluding hydrogens is 218 g/mol. The summed E-state index contributed by atoms with van der Waals surface area (Å²) in [4.78, 5) is 6.77. The summed E-state index contributed by atoms with van der Waals surface area (Å²) >= 11 is 0. The van der Waals surface area contributed by atoms with Gasteiger partial charge in [0.15, 0.2) is 5.82 Å². The van der Waals surface area contributed by atoms with E-state index in [0.717, 1.165) is 25.5 Å². The molecule has 2 heterocycles. The van der Waals surface area contributed by atoms with E-state index in [4.69, 9.17) is 9.26 Å². The third kappa shape index (κ3) is 2.84. The topological polar surface area (TPSA) is 51.4 Å². The lowest BCUT2D eigenvalue weighted by Gasteiger charge is -2.33. The van der Waals surface area contributed by atoms with Crippen LogP contribution in [-0.4, -0.2) is 40.8 Å². The Morgan fingerprint density at radius 3 is 2.71 bits per heavy atom. The third-order valence-corrected chi connectivity index (χ3v) is 3.15. The first-order valence-corrected chi connectivity index (χ1v) is 6.27. The molecule has 0 bridgehead atoms.